The summed E-state index contributed by atoms with van der Waals surface area (Å²) in [6.45, 7) is 1.94. The van der Waals surface area contributed by atoms with Crippen LogP contribution in [0.25, 0.3) is 16.7 Å². The molecule has 0 radical (unpaired) electrons. The average Bonchev–Trinajstić information content (AvgIpc) is 3.22. The van der Waals surface area contributed by atoms with Gasteiger partial charge in [-0.05, 0) is 36.8 Å². The van der Waals surface area contributed by atoms with Crippen LogP contribution < -0.4 is 15.6 Å². The SMILES string of the molecule is COc1ccc(C)cc1NC(=O)CSc1nc2[nH]ncc2c(=O)n1-c1ccccc1. The Morgan fingerprint density at radius 1 is 1.23 bits per heavy atom. The molecule has 2 N–H and O–H groups in total. The molecule has 9 heteroatoms. The predicted molar refractivity (Wildman–Crippen MR) is 117 cm³/mol. The lowest BCUT2D eigenvalue weighted by Gasteiger charge is -2.13. The number of aryl methyl sites for hydroxylation is 1. The van der Waals surface area contributed by atoms with Gasteiger partial charge in [-0.3, -0.25) is 19.3 Å². The van der Waals surface area contributed by atoms with Crippen molar-refractivity contribution < 1.29 is 9.53 Å². The fourth-order valence-corrected chi connectivity index (χ4v) is 3.82. The highest BCUT2D eigenvalue weighted by Crippen LogP contribution is 2.26. The fourth-order valence-electron chi connectivity index (χ4n) is 3.01. The molecule has 1 amide bonds. The number of fused-ring (bicyclic) bond motifs is 1. The van der Waals surface area contributed by atoms with Crippen molar-refractivity contribution in [1.82, 2.24) is 19.7 Å². The molecule has 4 aromatic rings. The number of carbonyl (C=O) groups excluding carboxylic acids is 1. The van der Waals surface area contributed by atoms with Gasteiger partial charge in [-0.25, -0.2) is 4.98 Å². The van der Waals surface area contributed by atoms with E-state index in [1.807, 2.05) is 49.4 Å². The molecule has 0 bridgehead atoms. The third kappa shape index (κ3) is 3.92. The highest BCUT2D eigenvalue weighted by atomic mass is 32.2. The van der Waals surface area contributed by atoms with Crippen LogP contribution in [-0.2, 0) is 4.79 Å². The number of rotatable bonds is 6. The number of ether oxygens (including phenoxy) is 1. The molecule has 0 fully saturated rings. The summed E-state index contributed by atoms with van der Waals surface area (Å²) >= 11 is 1.17. The normalized spacial score (nSPS) is 10.9. The molecule has 2 aromatic carbocycles. The number of benzene rings is 2. The van der Waals surface area contributed by atoms with Crippen molar-refractivity contribution in [3.63, 3.8) is 0 Å². The number of H-pyrrole nitrogens is 1. The van der Waals surface area contributed by atoms with Gasteiger partial charge in [-0.15, -0.1) is 0 Å². The number of hydrogen-bond acceptors (Lipinski definition) is 6. The van der Waals surface area contributed by atoms with Gasteiger partial charge in [-0.2, -0.15) is 5.10 Å². The number of carbonyl (C=O) groups is 1. The van der Waals surface area contributed by atoms with Crippen LogP contribution in [-0.4, -0.2) is 38.5 Å². The topological polar surface area (TPSA) is 102 Å². The van der Waals surface area contributed by atoms with Crippen LogP contribution in [0, 0.1) is 6.92 Å². The molecule has 30 heavy (non-hydrogen) atoms. The first-order chi connectivity index (χ1) is 14.6. The van der Waals surface area contributed by atoms with E-state index >= 15 is 0 Å². The molecule has 152 valence electrons. The second-order valence-electron chi connectivity index (χ2n) is 6.54. The van der Waals surface area contributed by atoms with Crippen LogP contribution in [0.3, 0.4) is 0 Å². The Morgan fingerprint density at radius 2 is 2.03 bits per heavy atom. The van der Waals surface area contributed by atoms with Crippen molar-refractivity contribution in [1.29, 1.82) is 0 Å². The summed E-state index contributed by atoms with van der Waals surface area (Å²) in [5.74, 6) is 0.412. The van der Waals surface area contributed by atoms with Crippen LogP contribution in [0.1, 0.15) is 5.56 Å². The maximum Gasteiger partial charge on any atom is 0.269 e. The van der Waals surface area contributed by atoms with Gasteiger partial charge in [-0.1, -0.05) is 36.0 Å². The highest BCUT2D eigenvalue weighted by molar-refractivity contribution is 7.99. The van der Waals surface area contributed by atoms with E-state index in [1.165, 1.54) is 22.5 Å². The fraction of sp³-hybridized carbons (Fsp3) is 0.143. The van der Waals surface area contributed by atoms with Gasteiger partial charge in [0.25, 0.3) is 5.56 Å². The van der Waals surface area contributed by atoms with Crippen LogP contribution in [0.4, 0.5) is 5.69 Å². The molecule has 4 rings (SSSR count). The second kappa shape index (κ2) is 8.42. The lowest BCUT2D eigenvalue weighted by atomic mass is 10.2. The maximum atomic E-state index is 13.0. The third-order valence-electron chi connectivity index (χ3n) is 4.43. The quantitative estimate of drug-likeness (QED) is 0.366. The average molecular weight is 421 g/mol. The minimum atomic E-state index is -0.247. The van der Waals surface area contributed by atoms with Crippen LogP contribution >= 0.6 is 11.8 Å². The van der Waals surface area contributed by atoms with Crippen molar-refractivity contribution in [3.05, 3.63) is 70.6 Å². The largest absolute Gasteiger partial charge is 0.495 e. The van der Waals surface area contributed by atoms with Crippen LogP contribution in [0.2, 0.25) is 0 Å². The highest BCUT2D eigenvalue weighted by Gasteiger charge is 2.16. The van der Waals surface area contributed by atoms with Crippen molar-refractivity contribution >= 4 is 34.4 Å². The molecule has 2 heterocycles. The molecular formula is C21H19N5O3S. The van der Waals surface area contributed by atoms with E-state index in [-0.39, 0.29) is 17.2 Å². The summed E-state index contributed by atoms with van der Waals surface area (Å²) in [6.07, 6.45) is 1.45. The summed E-state index contributed by atoms with van der Waals surface area (Å²) < 4.78 is 6.79. The van der Waals surface area contributed by atoms with E-state index < -0.39 is 0 Å². The molecule has 0 aliphatic rings. The first kappa shape index (κ1) is 19.7. The predicted octanol–water partition coefficient (Wildman–Crippen LogP) is 3.16. The number of aromatic nitrogens is 4. The van der Waals surface area contributed by atoms with E-state index in [1.54, 1.807) is 13.2 Å². The van der Waals surface area contributed by atoms with Crippen molar-refractivity contribution in [2.75, 3.05) is 18.2 Å². The number of hydrogen-bond donors (Lipinski definition) is 2. The van der Waals surface area contributed by atoms with Gasteiger partial charge in [0.05, 0.1) is 30.4 Å². The van der Waals surface area contributed by atoms with Gasteiger partial charge < -0.3 is 10.1 Å². The van der Waals surface area contributed by atoms with Crippen molar-refractivity contribution in [2.24, 2.45) is 0 Å². The van der Waals surface area contributed by atoms with Crippen molar-refractivity contribution in [3.8, 4) is 11.4 Å². The summed E-state index contributed by atoms with van der Waals surface area (Å²) in [6, 6.07) is 14.7. The van der Waals surface area contributed by atoms with E-state index in [0.29, 0.717) is 33.3 Å². The minimum absolute atomic E-state index is 0.0655. The summed E-state index contributed by atoms with van der Waals surface area (Å²) in [5, 5.41) is 10.3. The minimum Gasteiger partial charge on any atom is -0.495 e. The Bertz CT molecular complexity index is 1270. The Balaban J connectivity index is 1.62. The molecular weight excluding hydrogens is 402 g/mol. The number of methoxy groups -OCH3 is 1. The van der Waals surface area contributed by atoms with Crippen LogP contribution in [0.5, 0.6) is 5.75 Å². The van der Waals surface area contributed by atoms with Gasteiger partial charge in [0, 0.05) is 0 Å². The lowest BCUT2D eigenvalue weighted by Crippen LogP contribution is -2.22. The number of aromatic amines is 1. The van der Waals surface area contributed by atoms with Gasteiger partial charge >= 0.3 is 0 Å². The monoisotopic (exact) mass is 421 g/mol. The second-order valence-corrected chi connectivity index (χ2v) is 7.49. The Hall–Kier alpha value is -3.59. The number of anilines is 1. The van der Waals surface area contributed by atoms with E-state index in [4.69, 9.17) is 4.74 Å². The first-order valence-electron chi connectivity index (χ1n) is 9.15. The zero-order valence-electron chi connectivity index (χ0n) is 16.4. The number of nitrogens with zero attached hydrogens (tertiary/aromatic N) is 3. The first-order valence-corrected chi connectivity index (χ1v) is 10.1. The van der Waals surface area contributed by atoms with Gasteiger partial charge in [0.1, 0.15) is 11.1 Å². The third-order valence-corrected chi connectivity index (χ3v) is 5.37. The van der Waals surface area contributed by atoms with Gasteiger partial charge in [0.2, 0.25) is 5.91 Å². The van der Waals surface area contributed by atoms with Crippen LogP contribution in [0.15, 0.2) is 64.7 Å². The molecule has 0 unspecified atom stereocenters. The number of thioether (sulfide) groups is 1. The molecule has 0 aliphatic carbocycles. The molecule has 0 saturated heterocycles. The molecule has 0 spiro atoms. The molecule has 8 nitrogen and oxygen atoms in total. The smallest absolute Gasteiger partial charge is 0.269 e. The van der Waals surface area contributed by atoms with E-state index in [0.717, 1.165) is 5.56 Å². The summed E-state index contributed by atoms with van der Waals surface area (Å²) in [7, 11) is 1.55. The van der Waals surface area contributed by atoms with E-state index in [2.05, 4.69) is 20.5 Å². The molecule has 0 atom stereocenters. The lowest BCUT2D eigenvalue weighted by molar-refractivity contribution is -0.113. The number of para-hydroxylation sites is 1. The molecule has 0 aliphatic heterocycles. The van der Waals surface area contributed by atoms with Crippen molar-refractivity contribution in [2.45, 2.75) is 12.1 Å². The molecule has 2 aromatic heterocycles. The zero-order chi connectivity index (χ0) is 21.1. The Labute approximate surface area is 176 Å². The van der Waals surface area contributed by atoms with E-state index in [9.17, 15) is 9.59 Å². The number of amides is 1. The standard InChI is InChI=1S/C21H19N5O3S/c1-13-8-9-17(29-2)16(10-13)23-18(27)12-30-21-24-19-15(11-22-25-19)20(28)26(21)14-6-4-3-5-7-14/h3-11H,12H2,1-2H3,(H,22,25)(H,23,27). The van der Waals surface area contributed by atoms with Gasteiger partial charge in [0.15, 0.2) is 10.8 Å². The Kier molecular flexibility index (Phi) is 5.53. The maximum absolute atomic E-state index is 13.0. The summed E-state index contributed by atoms with van der Waals surface area (Å²) in [4.78, 5) is 30.1. The molecule has 0 saturated carbocycles. The summed E-state index contributed by atoms with van der Waals surface area (Å²) in [5.41, 5.74) is 2.41. The Morgan fingerprint density at radius 3 is 2.80 bits per heavy atom. The number of nitrogens with one attached hydrogen (secondary N) is 2. The zero-order valence-corrected chi connectivity index (χ0v) is 17.2.